The van der Waals surface area contributed by atoms with E-state index in [-0.39, 0.29) is 18.8 Å². The highest BCUT2D eigenvalue weighted by atomic mass is 16.5. The Bertz CT molecular complexity index is 873. The molecule has 1 N–H and O–H groups in total. The first kappa shape index (κ1) is 22.1. The van der Waals surface area contributed by atoms with E-state index in [0.717, 1.165) is 6.42 Å². The van der Waals surface area contributed by atoms with Gasteiger partial charge in [0.15, 0.2) is 12.4 Å². The van der Waals surface area contributed by atoms with Crippen LogP contribution in [-0.4, -0.2) is 31.4 Å². The molecule has 6 nitrogen and oxygen atoms in total. The molecule has 0 aromatic heterocycles. The summed E-state index contributed by atoms with van der Waals surface area (Å²) in [6.45, 7) is 5.33. The molecular formula is C23H27NO5. The van der Waals surface area contributed by atoms with Crippen LogP contribution in [0.1, 0.15) is 54.6 Å². The van der Waals surface area contributed by atoms with Gasteiger partial charge in [0.1, 0.15) is 5.75 Å². The number of methoxy groups -OCH3 is 1. The van der Waals surface area contributed by atoms with Crippen LogP contribution in [0.3, 0.4) is 0 Å². The zero-order valence-electron chi connectivity index (χ0n) is 17.3. The molecule has 0 fully saturated rings. The molecule has 0 aliphatic heterocycles. The van der Waals surface area contributed by atoms with Crippen molar-refractivity contribution in [3.05, 3.63) is 59.2 Å². The Labute approximate surface area is 171 Å². The van der Waals surface area contributed by atoms with Crippen molar-refractivity contribution in [3.63, 3.8) is 0 Å². The van der Waals surface area contributed by atoms with E-state index >= 15 is 0 Å². The Morgan fingerprint density at radius 3 is 2.34 bits per heavy atom. The van der Waals surface area contributed by atoms with Gasteiger partial charge in [0, 0.05) is 16.8 Å². The van der Waals surface area contributed by atoms with E-state index in [1.54, 1.807) is 18.2 Å². The number of hydrogen-bond acceptors (Lipinski definition) is 5. The van der Waals surface area contributed by atoms with Crippen molar-refractivity contribution in [1.29, 1.82) is 0 Å². The quantitative estimate of drug-likeness (QED) is 0.508. The van der Waals surface area contributed by atoms with Gasteiger partial charge >= 0.3 is 5.97 Å². The van der Waals surface area contributed by atoms with E-state index in [1.807, 2.05) is 24.3 Å². The summed E-state index contributed by atoms with van der Waals surface area (Å²) in [5.41, 5.74) is 2.87. The third-order valence-electron chi connectivity index (χ3n) is 4.76. The van der Waals surface area contributed by atoms with Gasteiger partial charge in [0.25, 0.3) is 5.91 Å². The van der Waals surface area contributed by atoms with Gasteiger partial charge in [-0.15, -0.1) is 0 Å². The summed E-state index contributed by atoms with van der Waals surface area (Å²) >= 11 is 0. The number of ether oxygens (including phenoxy) is 2. The third-order valence-corrected chi connectivity index (χ3v) is 4.76. The molecule has 6 heteroatoms. The van der Waals surface area contributed by atoms with Gasteiger partial charge in [-0.3, -0.25) is 14.4 Å². The first-order chi connectivity index (χ1) is 13.8. The van der Waals surface area contributed by atoms with Gasteiger partial charge in [-0.25, -0.2) is 0 Å². The molecule has 0 saturated heterocycles. The van der Waals surface area contributed by atoms with E-state index in [9.17, 15) is 14.4 Å². The summed E-state index contributed by atoms with van der Waals surface area (Å²) in [5, 5.41) is 2.71. The fourth-order valence-electron chi connectivity index (χ4n) is 2.82. The second-order valence-electron chi connectivity index (χ2n) is 6.90. The van der Waals surface area contributed by atoms with E-state index in [4.69, 9.17) is 9.47 Å². The van der Waals surface area contributed by atoms with Crippen molar-refractivity contribution < 1.29 is 23.9 Å². The number of rotatable bonds is 9. The van der Waals surface area contributed by atoms with Gasteiger partial charge < -0.3 is 14.8 Å². The average Bonchev–Trinajstić information content (AvgIpc) is 2.72. The van der Waals surface area contributed by atoms with E-state index < -0.39 is 11.9 Å². The fraction of sp³-hybridized carbons (Fsp3) is 0.348. The summed E-state index contributed by atoms with van der Waals surface area (Å²) in [5.74, 6) is -0.164. The van der Waals surface area contributed by atoms with E-state index in [0.29, 0.717) is 28.5 Å². The molecule has 0 heterocycles. The number of nitrogens with one attached hydrogen (secondary N) is 1. The lowest BCUT2D eigenvalue weighted by molar-refractivity contribution is -0.146. The van der Waals surface area contributed by atoms with E-state index in [2.05, 4.69) is 19.2 Å². The van der Waals surface area contributed by atoms with Gasteiger partial charge in [-0.05, 0) is 55.2 Å². The molecule has 29 heavy (non-hydrogen) atoms. The zero-order chi connectivity index (χ0) is 21.4. The minimum absolute atomic E-state index is 0.0961. The number of amides is 1. The molecule has 0 unspecified atom stereocenters. The van der Waals surface area contributed by atoms with Gasteiger partial charge in [0.2, 0.25) is 0 Å². The van der Waals surface area contributed by atoms with Crippen LogP contribution in [-0.2, 0) is 20.7 Å². The number of Topliss-reactive ketones (excluding diaryl/α,β-unsaturated/α-hetero) is 1. The van der Waals surface area contributed by atoms with Crippen LogP contribution in [0, 0.1) is 0 Å². The first-order valence-corrected chi connectivity index (χ1v) is 9.57. The third kappa shape index (κ3) is 6.45. The smallest absolute Gasteiger partial charge is 0.310 e. The number of ketones is 1. The highest BCUT2D eigenvalue weighted by Crippen LogP contribution is 2.22. The summed E-state index contributed by atoms with van der Waals surface area (Å²) in [4.78, 5) is 35.7. The molecule has 0 saturated carbocycles. The summed E-state index contributed by atoms with van der Waals surface area (Å²) in [7, 11) is 1.48. The largest absolute Gasteiger partial charge is 0.496 e. The maximum absolute atomic E-state index is 12.1. The topological polar surface area (TPSA) is 81.7 Å². The van der Waals surface area contributed by atoms with Crippen LogP contribution in [0.15, 0.2) is 42.5 Å². The van der Waals surface area contributed by atoms with Gasteiger partial charge in [-0.2, -0.15) is 0 Å². The Morgan fingerprint density at radius 1 is 1.07 bits per heavy atom. The number of carbonyl (C=O) groups is 3. The maximum Gasteiger partial charge on any atom is 0.310 e. The van der Waals surface area contributed by atoms with Crippen LogP contribution >= 0.6 is 0 Å². The number of carbonyl (C=O) groups excluding carboxylic acids is 3. The maximum atomic E-state index is 12.1. The summed E-state index contributed by atoms with van der Waals surface area (Å²) in [6.07, 6.45) is 0.947. The molecule has 0 spiro atoms. The van der Waals surface area contributed by atoms with Crippen LogP contribution in [0.25, 0.3) is 0 Å². The minimum atomic E-state index is -0.578. The highest BCUT2D eigenvalue weighted by Gasteiger charge is 2.14. The Balaban J connectivity index is 1.90. The van der Waals surface area contributed by atoms with Crippen molar-refractivity contribution in [3.8, 4) is 5.75 Å². The van der Waals surface area contributed by atoms with Crippen molar-refractivity contribution in [2.75, 3.05) is 19.0 Å². The molecule has 1 atom stereocenters. The van der Waals surface area contributed by atoms with Gasteiger partial charge in [-0.1, -0.05) is 26.0 Å². The summed E-state index contributed by atoms with van der Waals surface area (Å²) in [6, 6.07) is 12.5. The normalized spacial score (nSPS) is 11.4. The molecule has 0 radical (unpaired) electrons. The Hall–Kier alpha value is -3.15. The molecule has 0 bridgehead atoms. The van der Waals surface area contributed by atoms with Crippen molar-refractivity contribution in [2.45, 2.75) is 39.5 Å². The lowest BCUT2D eigenvalue weighted by Crippen LogP contribution is -2.21. The number of anilines is 1. The zero-order valence-corrected chi connectivity index (χ0v) is 17.3. The number of benzene rings is 2. The van der Waals surface area contributed by atoms with Crippen molar-refractivity contribution in [2.24, 2.45) is 0 Å². The predicted molar refractivity (Wildman–Crippen MR) is 111 cm³/mol. The lowest BCUT2D eigenvalue weighted by atomic mass is 9.99. The molecule has 154 valence electrons. The van der Waals surface area contributed by atoms with E-state index in [1.165, 1.54) is 19.6 Å². The molecular weight excluding hydrogens is 370 g/mol. The minimum Gasteiger partial charge on any atom is -0.496 e. The first-order valence-electron chi connectivity index (χ1n) is 9.57. The summed E-state index contributed by atoms with van der Waals surface area (Å²) < 4.78 is 10.3. The predicted octanol–water partition coefficient (Wildman–Crippen LogP) is 4.14. The Morgan fingerprint density at radius 2 is 1.76 bits per heavy atom. The number of hydrogen-bond donors (Lipinski definition) is 1. The lowest BCUT2D eigenvalue weighted by Gasteiger charge is -2.11. The molecule has 0 aliphatic carbocycles. The van der Waals surface area contributed by atoms with Crippen LogP contribution in [0.4, 0.5) is 5.69 Å². The van der Waals surface area contributed by atoms with Crippen molar-refractivity contribution in [1.82, 2.24) is 0 Å². The molecule has 0 aliphatic rings. The Kier molecular flexibility index (Phi) is 7.95. The average molecular weight is 397 g/mol. The van der Waals surface area contributed by atoms with Gasteiger partial charge in [0.05, 0.1) is 13.5 Å². The van der Waals surface area contributed by atoms with Crippen molar-refractivity contribution >= 4 is 23.3 Å². The fourth-order valence-corrected chi connectivity index (χ4v) is 2.82. The molecule has 2 rings (SSSR count). The van der Waals surface area contributed by atoms with Crippen LogP contribution < -0.4 is 10.1 Å². The second kappa shape index (κ2) is 10.4. The number of esters is 1. The molecule has 2 aromatic carbocycles. The van der Waals surface area contributed by atoms with Crippen LogP contribution in [0.2, 0.25) is 0 Å². The SMILES string of the molecule is CC[C@@H](C)c1ccc(NC(=O)COC(=O)Cc2cc(C(C)=O)ccc2OC)cc1. The monoisotopic (exact) mass is 397 g/mol. The molecule has 1 amide bonds. The highest BCUT2D eigenvalue weighted by molar-refractivity contribution is 5.95. The second-order valence-corrected chi connectivity index (χ2v) is 6.90. The standard InChI is InChI=1S/C23H27NO5/c1-5-15(2)17-6-9-20(10-7-17)24-22(26)14-29-23(27)13-19-12-18(16(3)25)8-11-21(19)28-4/h6-12,15H,5,13-14H2,1-4H3,(H,24,26)/t15-/m1/s1. The molecule has 2 aromatic rings. The van der Waals surface area contributed by atoms with Crippen LogP contribution in [0.5, 0.6) is 5.75 Å².